The van der Waals surface area contributed by atoms with Gasteiger partial charge in [-0.3, -0.25) is 4.99 Å². The summed E-state index contributed by atoms with van der Waals surface area (Å²) in [6.07, 6.45) is 8.10. The highest BCUT2D eigenvalue weighted by molar-refractivity contribution is 14.0. The van der Waals surface area contributed by atoms with Gasteiger partial charge in [-0.15, -0.1) is 24.0 Å². The number of unbranched alkanes of at least 4 members (excludes halogenated alkanes) is 3. The Morgan fingerprint density at radius 2 is 1.82 bits per heavy atom. The molecule has 1 unspecified atom stereocenters. The number of halogens is 1. The molecule has 0 saturated heterocycles. The molecule has 0 fully saturated rings. The highest BCUT2D eigenvalue weighted by Gasteiger charge is 2.05. The molecule has 0 spiro atoms. The molecule has 8 heteroatoms. The Balaban J connectivity index is 0. The molecule has 22 heavy (non-hydrogen) atoms. The maximum Gasteiger partial charge on any atom is 0.208 e. The monoisotopic (exact) mass is 448 g/mol. The van der Waals surface area contributed by atoms with Crippen LogP contribution in [0.3, 0.4) is 0 Å². The van der Waals surface area contributed by atoms with Gasteiger partial charge in [0, 0.05) is 26.2 Å². The summed E-state index contributed by atoms with van der Waals surface area (Å²) in [6.45, 7) is 5.50. The van der Waals surface area contributed by atoms with Gasteiger partial charge < -0.3 is 10.6 Å². The molecule has 0 aliphatic rings. The van der Waals surface area contributed by atoms with Gasteiger partial charge in [0.05, 0.1) is 6.26 Å². The first kappa shape index (κ1) is 24.2. The van der Waals surface area contributed by atoms with Crippen LogP contribution in [0.15, 0.2) is 4.99 Å². The Morgan fingerprint density at radius 3 is 2.36 bits per heavy atom. The van der Waals surface area contributed by atoms with Crippen molar-refractivity contribution in [1.82, 2.24) is 15.4 Å². The second-order valence-electron chi connectivity index (χ2n) is 5.41. The minimum absolute atomic E-state index is 0. The van der Waals surface area contributed by atoms with Crippen LogP contribution in [-0.4, -0.2) is 46.8 Å². The lowest BCUT2D eigenvalue weighted by Crippen LogP contribution is -2.43. The van der Waals surface area contributed by atoms with Gasteiger partial charge in [-0.1, -0.05) is 32.6 Å². The van der Waals surface area contributed by atoms with Crippen molar-refractivity contribution in [3.05, 3.63) is 0 Å². The van der Waals surface area contributed by atoms with E-state index in [1.807, 2.05) is 0 Å². The minimum Gasteiger partial charge on any atom is -0.356 e. The SMILES string of the molecule is CCCCCCC(C)NC(=NC)NCCCNS(C)(=O)=O.I. The van der Waals surface area contributed by atoms with Gasteiger partial charge in [-0.05, 0) is 19.8 Å². The zero-order chi connectivity index (χ0) is 16.1. The van der Waals surface area contributed by atoms with Crippen molar-refractivity contribution < 1.29 is 8.42 Å². The molecule has 0 radical (unpaired) electrons. The number of hydrogen-bond acceptors (Lipinski definition) is 3. The Kier molecular flexibility index (Phi) is 15.9. The van der Waals surface area contributed by atoms with E-state index in [2.05, 4.69) is 34.2 Å². The maximum absolute atomic E-state index is 10.9. The topological polar surface area (TPSA) is 82.6 Å². The van der Waals surface area contributed by atoms with Gasteiger partial charge in [-0.25, -0.2) is 13.1 Å². The summed E-state index contributed by atoms with van der Waals surface area (Å²) < 4.78 is 24.3. The summed E-state index contributed by atoms with van der Waals surface area (Å²) in [5, 5.41) is 6.54. The number of hydrogen-bond donors (Lipinski definition) is 3. The lowest BCUT2D eigenvalue weighted by molar-refractivity contribution is 0.536. The molecule has 6 nitrogen and oxygen atoms in total. The lowest BCUT2D eigenvalue weighted by atomic mass is 10.1. The molecule has 0 aliphatic carbocycles. The van der Waals surface area contributed by atoms with Crippen molar-refractivity contribution in [2.45, 2.75) is 58.4 Å². The third-order valence-corrected chi connectivity index (χ3v) is 3.84. The van der Waals surface area contributed by atoms with E-state index in [0.717, 1.165) is 18.8 Å². The molecule has 0 saturated carbocycles. The summed E-state index contributed by atoms with van der Waals surface area (Å²) in [4.78, 5) is 4.17. The average Bonchev–Trinajstić information content (AvgIpc) is 2.40. The largest absolute Gasteiger partial charge is 0.356 e. The van der Waals surface area contributed by atoms with E-state index >= 15 is 0 Å². The Labute approximate surface area is 153 Å². The second-order valence-corrected chi connectivity index (χ2v) is 7.25. The fourth-order valence-corrected chi connectivity index (χ4v) is 2.45. The van der Waals surface area contributed by atoms with E-state index in [1.54, 1.807) is 7.05 Å². The number of nitrogens with one attached hydrogen (secondary N) is 3. The highest BCUT2D eigenvalue weighted by Crippen LogP contribution is 2.04. The van der Waals surface area contributed by atoms with Gasteiger partial charge in [0.25, 0.3) is 0 Å². The molecule has 134 valence electrons. The predicted molar refractivity (Wildman–Crippen MR) is 106 cm³/mol. The van der Waals surface area contributed by atoms with Crippen molar-refractivity contribution >= 4 is 40.0 Å². The van der Waals surface area contributed by atoms with E-state index in [0.29, 0.717) is 19.1 Å². The van der Waals surface area contributed by atoms with Crippen LogP contribution in [0.25, 0.3) is 0 Å². The van der Waals surface area contributed by atoms with Gasteiger partial charge in [0.15, 0.2) is 5.96 Å². The van der Waals surface area contributed by atoms with Crippen molar-refractivity contribution in [3.63, 3.8) is 0 Å². The number of sulfonamides is 1. The van der Waals surface area contributed by atoms with E-state index in [4.69, 9.17) is 0 Å². The quantitative estimate of drug-likeness (QED) is 0.196. The van der Waals surface area contributed by atoms with Crippen LogP contribution in [0.2, 0.25) is 0 Å². The number of nitrogens with zero attached hydrogens (tertiary/aromatic N) is 1. The molecule has 0 aromatic carbocycles. The number of rotatable bonds is 11. The van der Waals surface area contributed by atoms with E-state index < -0.39 is 10.0 Å². The predicted octanol–water partition coefficient (Wildman–Crippen LogP) is 2.07. The van der Waals surface area contributed by atoms with Crippen LogP contribution < -0.4 is 15.4 Å². The van der Waals surface area contributed by atoms with Gasteiger partial charge >= 0.3 is 0 Å². The third kappa shape index (κ3) is 16.3. The Morgan fingerprint density at radius 1 is 1.14 bits per heavy atom. The van der Waals surface area contributed by atoms with Crippen molar-refractivity contribution in [2.24, 2.45) is 4.99 Å². The fourth-order valence-electron chi connectivity index (χ4n) is 1.93. The third-order valence-electron chi connectivity index (χ3n) is 3.11. The van der Waals surface area contributed by atoms with Gasteiger partial charge in [-0.2, -0.15) is 0 Å². The minimum atomic E-state index is -3.09. The van der Waals surface area contributed by atoms with Crippen LogP contribution in [0.5, 0.6) is 0 Å². The van der Waals surface area contributed by atoms with Crippen LogP contribution in [0, 0.1) is 0 Å². The molecule has 0 aliphatic heterocycles. The molecule has 0 heterocycles. The molecule has 0 bridgehead atoms. The maximum atomic E-state index is 10.9. The first-order valence-corrected chi connectivity index (χ1v) is 9.70. The smallest absolute Gasteiger partial charge is 0.208 e. The van der Waals surface area contributed by atoms with Crippen LogP contribution >= 0.6 is 24.0 Å². The van der Waals surface area contributed by atoms with Gasteiger partial charge in [0.1, 0.15) is 0 Å². The zero-order valence-corrected chi connectivity index (χ0v) is 17.5. The molecule has 3 N–H and O–H groups in total. The molecule has 1 atom stereocenters. The van der Waals surface area contributed by atoms with Gasteiger partial charge in [0.2, 0.25) is 10.0 Å². The summed E-state index contributed by atoms with van der Waals surface area (Å²) in [5.41, 5.74) is 0. The number of aliphatic imine (C=N–C) groups is 1. The van der Waals surface area contributed by atoms with Crippen LogP contribution in [0.1, 0.15) is 52.4 Å². The Hall–Kier alpha value is -0.0900. The summed E-state index contributed by atoms with van der Waals surface area (Å²) >= 11 is 0. The second kappa shape index (κ2) is 14.5. The number of guanidine groups is 1. The zero-order valence-electron chi connectivity index (χ0n) is 14.3. The summed E-state index contributed by atoms with van der Waals surface area (Å²) in [5.74, 6) is 0.775. The van der Waals surface area contributed by atoms with Crippen LogP contribution in [0.4, 0.5) is 0 Å². The standard InChI is InChI=1S/C14H32N4O2S.HI/c1-5-6-7-8-10-13(2)18-14(15-3)16-11-9-12-17-21(4,19)20;/h13,17H,5-12H2,1-4H3,(H2,15,16,18);1H. The van der Waals surface area contributed by atoms with E-state index in [9.17, 15) is 8.42 Å². The van der Waals surface area contributed by atoms with E-state index in [1.165, 1.54) is 31.9 Å². The molecule has 0 rings (SSSR count). The molecule has 0 amide bonds. The summed E-state index contributed by atoms with van der Waals surface area (Å²) in [6, 6.07) is 0.391. The van der Waals surface area contributed by atoms with Crippen LogP contribution in [-0.2, 0) is 10.0 Å². The van der Waals surface area contributed by atoms with Crippen molar-refractivity contribution in [3.8, 4) is 0 Å². The first-order valence-electron chi connectivity index (χ1n) is 7.81. The lowest BCUT2D eigenvalue weighted by Gasteiger charge is -2.17. The van der Waals surface area contributed by atoms with Crippen molar-refractivity contribution in [2.75, 3.05) is 26.4 Å². The molecule has 0 aromatic heterocycles. The van der Waals surface area contributed by atoms with Crippen molar-refractivity contribution in [1.29, 1.82) is 0 Å². The average molecular weight is 448 g/mol. The summed E-state index contributed by atoms with van der Waals surface area (Å²) in [7, 11) is -1.34. The highest BCUT2D eigenvalue weighted by atomic mass is 127. The Bertz CT molecular complexity index is 388. The fraction of sp³-hybridized carbons (Fsp3) is 0.929. The molecular weight excluding hydrogens is 415 g/mol. The first-order chi connectivity index (χ1) is 9.89. The normalized spacial score (nSPS) is 13.4. The molecule has 0 aromatic rings. The van der Waals surface area contributed by atoms with E-state index in [-0.39, 0.29) is 24.0 Å². The molecular formula is C14H33IN4O2S.